The molecule has 1 aliphatic rings. The monoisotopic (exact) mass is 419 g/mol. The summed E-state index contributed by atoms with van der Waals surface area (Å²) in [5.74, 6) is 0.885. The molecular weight excluding hydrogens is 394 g/mol. The number of carbonyl (C=O) groups excluding carboxylic acids is 2. The lowest BCUT2D eigenvalue weighted by Crippen LogP contribution is -2.34. The second kappa shape index (κ2) is 9.80. The van der Waals surface area contributed by atoms with Crippen LogP contribution in [0.25, 0.3) is 0 Å². The first-order valence-electron chi connectivity index (χ1n) is 10.3. The lowest BCUT2D eigenvalue weighted by atomic mass is 10.2. The first-order chi connectivity index (χ1) is 15.2. The van der Waals surface area contributed by atoms with Crippen molar-refractivity contribution in [1.82, 2.24) is 15.6 Å². The van der Waals surface area contributed by atoms with E-state index in [1.165, 1.54) is 19.1 Å². The summed E-state index contributed by atoms with van der Waals surface area (Å²) in [6, 6.07) is 14.2. The molecule has 1 aliphatic heterocycles. The number of urea groups is 1. The second-order valence-corrected chi connectivity index (χ2v) is 7.38. The van der Waals surface area contributed by atoms with E-state index >= 15 is 0 Å². The average molecular weight is 419 g/mol. The molecule has 0 unspecified atom stereocenters. The molecule has 1 saturated heterocycles. The molecule has 3 N–H and O–H groups in total. The fourth-order valence-corrected chi connectivity index (χ4v) is 3.48. The molecule has 8 heteroatoms. The molecule has 2 aromatic heterocycles. The number of amides is 3. The van der Waals surface area contributed by atoms with Crippen molar-refractivity contribution in [2.75, 3.05) is 23.3 Å². The van der Waals surface area contributed by atoms with E-state index in [1.807, 2.05) is 30.3 Å². The van der Waals surface area contributed by atoms with Gasteiger partial charge in [0.05, 0.1) is 6.26 Å². The number of nitrogens with one attached hydrogen (secondary N) is 3. The molecule has 8 nitrogen and oxygen atoms in total. The van der Waals surface area contributed by atoms with E-state index in [4.69, 9.17) is 4.42 Å². The van der Waals surface area contributed by atoms with Crippen LogP contribution >= 0.6 is 0 Å². The van der Waals surface area contributed by atoms with Gasteiger partial charge in [0.15, 0.2) is 5.76 Å². The number of hydrogen-bond acceptors (Lipinski definition) is 5. The van der Waals surface area contributed by atoms with Gasteiger partial charge in [-0.15, -0.1) is 0 Å². The Morgan fingerprint density at radius 2 is 1.74 bits per heavy atom. The summed E-state index contributed by atoms with van der Waals surface area (Å²) in [6.45, 7) is 2.83. The molecule has 3 amide bonds. The smallest absolute Gasteiger partial charge is 0.315 e. The average Bonchev–Trinajstić information content (AvgIpc) is 3.51. The first-order valence-corrected chi connectivity index (χ1v) is 10.3. The normalized spacial score (nSPS) is 13.1. The Bertz CT molecular complexity index is 1030. The van der Waals surface area contributed by atoms with Gasteiger partial charge < -0.3 is 25.3 Å². The number of rotatable bonds is 7. The molecular formula is C23H25N5O3. The maximum atomic E-state index is 12.2. The molecule has 0 spiro atoms. The number of benzene rings is 1. The van der Waals surface area contributed by atoms with E-state index in [2.05, 4.69) is 25.8 Å². The minimum absolute atomic E-state index is 0.243. The topological polar surface area (TPSA) is 99.5 Å². The van der Waals surface area contributed by atoms with Crippen LogP contribution in [0.5, 0.6) is 0 Å². The fraction of sp³-hybridized carbons (Fsp3) is 0.261. The maximum Gasteiger partial charge on any atom is 0.315 e. The van der Waals surface area contributed by atoms with E-state index in [-0.39, 0.29) is 17.7 Å². The van der Waals surface area contributed by atoms with Gasteiger partial charge in [0.2, 0.25) is 0 Å². The van der Waals surface area contributed by atoms with E-state index in [0.29, 0.717) is 18.8 Å². The van der Waals surface area contributed by atoms with E-state index < -0.39 is 0 Å². The number of carbonyl (C=O) groups is 2. The molecule has 0 atom stereocenters. The molecule has 3 heterocycles. The molecule has 0 radical (unpaired) electrons. The van der Waals surface area contributed by atoms with Crippen LogP contribution < -0.4 is 20.9 Å². The minimum Gasteiger partial charge on any atom is -0.459 e. The molecule has 1 fully saturated rings. The summed E-state index contributed by atoms with van der Waals surface area (Å²) in [5, 5.41) is 8.49. The molecule has 0 saturated carbocycles. The van der Waals surface area contributed by atoms with Crippen LogP contribution in [-0.4, -0.2) is 30.0 Å². The Morgan fingerprint density at radius 1 is 0.968 bits per heavy atom. The Kier molecular flexibility index (Phi) is 6.47. The van der Waals surface area contributed by atoms with Gasteiger partial charge in [-0.1, -0.05) is 12.1 Å². The number of pyridine rings is 1. The molecule has 160 valence electrons. The zero-order valence-corrected chi connectivity index (χ0v) is 17.1. The van der Waals surface area contributed by atoms with Crippen molar-refractivity contribution in [3.63, 3.8) is 0 Å². The minimum atomic E-state index is -0.321. The van der Waals surface area contributed by atoms with Crippen molar-refractivity contribution in [1.29, 1.82) is 0 Å². The number of anilines is 2. The summed E-state index contributed by atoms with van der Waals surface area (Å²) in [7, 11) is 0. The van der Waals surface area contributed by atoms with E-state index in [1.54, 1.807) is 24.4 Å². The zero-order chi connectivity index (χ0) is 21.5. The lowest BCUT2D eigenvalue weighted by molar-refractivity contribution is 0.0996. The maximum absolute atomic E-state index is 12.2. The standard InChI is InChI=1S/C23H25N5O3/c29-22(20-7-4-12-31-20)27-19-6-3-5-17(13-19)15-25-23(30)26-16-18-8-9-24-21(14-18)28-10-1-2-11-28/h3-9,12-14H,1-2,10-11,15-16H2,(H,27,29)(H2,25,26,30). The summed E-state index contributed by atoms with van der Waals surface area (Å²) in [4.78, 5) is 31.0. The third-order valence-electron chi connectivity index (χ3n) is 5.08. The molecule has 0 bridgehead atoms. The lowest BCUT2D eigenvalue weighted by Gasteiger charge is -2.17. The van der Waals surface area contributed by atoms with Crippen LogP contribution in [0.2, 0.25) is 0 Å². The van der Waals surface area contributed by atoms with Crippen molar-refractivity contribution in [2.24, 2.45) is 0 Å². The van der Waals surface area contributed by atoms with Crippen LogP contribution in [0, 0.1) is 0 Å². The SMILES string of the molecule is O=C(NCc1cccc(NC(=O)c2ccco2)c1)NCc1ccnc(N2CCCC2)c1. The van der Waals surface area contributed by atoms with Crippen LogP contribution in [0.3, 0.4) is 0 Å². The van der Waals surface area contributed by atoms with Crippen molar-refractivity contribution >= 4 is 23.4 Å². The van der Waals surface area contributed by atoms with Crippen LogP contribution in [0.1, 0.15) is 34.5 Å². The summed E-state index contributed by atoms with van der Waals surface area (Å²) in [5.41, 5.74) is 2.51. The molecule has 3 aromatic rings. The highest BCUT2D eigenvalue weighted by Crippen LogP contribution is 2.18. The molecule has 4 rings (SSSR count). The van der Waals surface area contributed by atoms with Crippen LogP contribution in [0.4, 0.5) is 16.3 Å². The third kappa shape index (κ3) is 5.63. The van der Waals surface area contributed by atoms with Crippen molar-refractivity contribution in [3.8, 4) is 0 Å². The van der Waals surface area contributed by atoms with Gasteiger partial charge in [0.25, 0.3) is 5.91 Å². The van der Waals surface area contributed by atoms with Crippen molar-refractivity contribution < 1.29 is 14.0 Å². The van der Waals surface area contributed by atoms with Gasteiger partial charge in [-0.3, -0.25) is 4.79 Å². The Labute approximate surface area is 180 Å². The second-order valence-electron chi connectivity index (χ2n) is 7.38. The fourth-order valence-electron chi connectivity index (χ4n) is 3.48. The predicted octanol–water partition coefficient (Wildman–Crippen LogP) is 3.53. The summed E-state index contributed by atoms with van der Waals surface area (Å²) in [6.07, 6.45) is 5.62. The molecule has 31 heavy (non-hydrogen) atoms. The Hall–Kier alpha value is -3.81. The third-order valence-corrected chi connectivity index (χ3v) is 5.08. The highest BCUT2D eigenvalue weighted by molar-refractivity contribution is 6.02. The van der Waals surface area contributed by atoms with Gasteiger partial charge >= 0.3 is 6.03 Å². The Balaban J connectivity index is 1.25. The number of nitrogens with zero attached hydrogens (tertiary/aromatic N) is 2. The zero-order valence-electron chi connectivity index (χ0n) is 17.1. The largest absolute Gasteiger partial charge is 0.459 e. The summed E-state index contributed by atoms with van der Waals surface area (Å²) >= 11 is 0. The highest BCUT2D eigenvalue weighted by atomic mass is 16.3. The van der Waals surface area contributed by atoms with E-state index in [9.17, 15) is 9.59 Å². The molecule has 1 aromatic carbocycles. The first kappa shape index (κ1) is 20.5. The highest BCUT2D eigenvalue weighted by Gasteiger charge is 2.14. The Morgan fingerprint density at radius 3 is 2.48 bits per heavy atom. The number of hydrogen-bond donors (Lipinski definition) is 3. The van der Waals surface area contributed by atoms with Crippen LogP contribution in [-0.2, 0) is 13.1 Å². The predicted molar refractivity (Wildman–Crippen MR) is 118 cm³/mol. The van der Waals surface area contributed by atoms with Crippen molar-refractivity contribution in [3.05, 3.63) is 77.9 Å². The van der Waals surface area contributed by atoms with Crippen molar-refractivity contribution in [2.45, 2.75) is 25.9 Å². The quantitative estimate of drug-likeness (QED) is 0.544. The summed E-state index contributed by atoms with van der Waals surface area (Å²) < 4.78 is 5.09. The van der Waals surface area contributed by atoms with Gasteiger partial charge in [-0.25, -0.2) is 9.78 Å². The van der Waals surface area contributed by atoms with Gasteiger partial charge in [0, 0.05) is 38.1 Å². The number of furan rings is 1. The van der Waals surface area contributed by atoms with E-state index in [0.717, 1.165) is 30.0 Å². The molecule has 0 aliphatic carbocycles. The van der Waals surface area contributed by atoms with Gasteiger partial charge in [0.1, 0.15) is 5.82 Å². The van der Waals surface area contributed by atoms with Gasteiger partial charge in [-0.05, 0) is 60.4 Å². The number of aromatic nitrogens is 1. The van der Waals surface area contributed by atoms with Crippen LogP contribution in [0.15, 0.2) is 65.4 Å². The van der Waals surface area contributed by atoms with Gasteiger partial charge in [-0.2, -0.15) is 0 Å².